The Hall–Kier alpha value is -2.99. The van der Waals surface area contributed by atoms with Crippen LogP contribution < -0.4 is 0 Å². The van der Waals surface area contributed by atoms with Gasteiger partial charge < -0.3 is 9.42 Å². The highest BCUT2D eigenvalue weighted by Crippen LogP contribution is 2.36. The van der Waals surface area contributed by atoms with E-state index in [0.717, 1.165) is 42.0 Å². The molecule has 3 heterocycles. The van der Waals surface area contributed by atoms with Gasteiger partial charge in [0.05, 0.1) is 0 Å². The standard InChI is InChI=1S/C25H30N4O2/c1-3-28(4-2)24(30)25(13-9-15-29(25)19-20-10-8-14-26-18-20)17-22-16-23(27-31-22)21-11-6-5-7-12-21/h5-8,10-12,14,16,18H,3-4,9,13,15,17,19H2,1-2H3/t25-/m0/s1. The summed E-state index contributed by atoms with van der Waals surface area (Å²) < 4.78 is 5.74. The number of nitrogens with zero attached hydrogens (tertiary/aromatic N) is 4. The van der Waals surface area contributed by atoms with Crippen LogP contribution in [0.3, 0.4) is 0 Å². The molecule has 0 unspecified atom stereocenters. The fourth-order valence-electron chi connectivity index (χ4n) is 4.63. The fraction of sp³-hybridized carbons (Fsp3) is 0.400. The highest BCUT2D eigenvalue weighted by Gasteiger charge is 2.49. The molecule has 1 aliphatic rings. The number of likely N-dealkylation sites (N-methyl/N-ethyl adjacent to an activating group) is 1. The van der Waals surface area contributed by atoms with Gasteiger partial charge in [0.2, 0.25) is 5.91 Å². The predicted molar refractivity (Wildman–Crippen MR) is 120 cm³/mol. The van der Waals surface area contributed by atoms with Gasteiger partial charge in [-0.2, -0.15) is 0 Å². The number of carbonyl (C=O) groups is 1. The van der Waals surface area contributed by atoms with Crippen molar-refractivity contribution in [2.75, 3.05) is 19.6 Å². The third kappa shape index (κ3) is 4.39. The van der Waals surface area contributed by atoms with Gasteiger partial charge in [0, 0.05) is 50.1 Å². The van der Waals surface area contributed by atoms with E-state index in [0.29, 0.717) is 26.1 Å². The summed E-state index contributed by atoms with van der Waals surface area (Å²) in [6.07, 6.45) is 5.97. The van der Waals surface area contributed by atoms with E-state index in [-0.39, 0.29) is 5.91 Å². The minimum absolute atomic E-state index is 0.177. The summed E-state index contributed by atoms with van der Waals surface area (Å²) in [5.41, 5.74) is 2.30. The first-order valence-corrected chi connectivity index (χ1v) is 11.1. The molecule has 0 N–H and O–H groups in total. The van der Waals surface area contributed by atoms with Gasteiger partial charge in [0.15, 0.2) is 0 Å². The first-order chi connectivity index (χ1) is 15.2. The zero-order valence-corrected chi connectivity index (χ0v) is 18.3. The zero-order chi connectivity index (χ0) is 21.7. The maximum atomic E-state index is 13.8. The topological polar surface area (TPSA) is 62.5 Å². The van der Waals surface area contributed by atoms with Crippen LogP contribution in [-0.2, 0) is 17.8 Å². The summed E-state index contributed by atoms with van der Waals surface area (Å²) in [5.74, 6) is 0.925. The third-order valence-electron chi connectivity index (χ3n) is 6.26. The molecule has 6 nitrogen and oxygen atoms in total. The molecule has 1 amide bonds. The Morgan fingerprint density at radius 2 is 1.97 bits per heavy atom. The van der Waals surface area contributed by atoms with Gasteiger partial charge in [0.25, 0.3) is 0 Å². The van der Waals surface area contributed by atoms with Crippen molar-refractivity contribution in [3.05, 3.63) is 72.2 Å². The minimum atomic E-state index is -0.630. The molecule has 0 saturated carbocycles. The Balaban J connectivity index is 1.66. The van der Waals surface area contributed by atoms with E-state index in [1.165, 1.54) is 0 Å². The number of likely N-dealkylation sites (tertiary alicyclic amines) is 1. The van der Waals surface area contributed by atoms with Gasteiger partial charge in [-0.3, -0.25) is 14.7 Å². The highest BCUT2D eigenvalue weighted by atomic mass is 16.5. The monoisotopic (exact) mass is 418 g/mol. The maximum absolute atomic E-state index is 13.8. The van der Waals surface area contributed by atoms with Crippen LogP contribution in [0.25, 0.3) is 11.3 Å². The van der Waals surface area contributed by atoms with Gasteiger partial charge in [-0.1, -0.05) is 41.6 Å². The van der Waals surface area contributed by atoms with Crippen LogP contribution in [0.15, 0.2) is 65.4 Å². The quantitative estimate of drug-likeness (QED) is 0.549. The van der Waals surface area contributed by atoms with Crippen LogP contribution >= 0.6 is 0 Å². The van der Waals surface area contributed by atoms with Crippen molar-refractivity contribution in [3.8, 4) is 11.3 Å². The third-order valence-corrected chi connectivity index (χ3v) is 6.26. The van der Waals surface area contributed by atoms with Crippen molar-refractivity contribution in [1.82, 2.24) is 19.9 Å². The van der Waals surface area contributed by atoms with Crippen molar-refractivity contribution >= 4 is 5.91 Å². The first-order valence-electron chi connectivity index (χ1n) is 11.1. The largest absolute Gasteiger partial charge is 0.361 e. The Kier molecular flexibility index (Phi) is 6.47. The van der Waals surface area contributed by atoms with Gasteiger partial charge in [-0.15, -0.1) is 0 Å². The number of benzene rings is 1. The van der Waals surface area contributed by atoms with E-state index in [4.69, 9.17) is 4.52 Å². The van der Waals surface area contributed by atoms with Gasteiger partial charge in [-0.25, -0.2) is 0 Å². The average Bonchev–Trinajstić information content (AvgIpc) is 3.44. The smallest absolute Gasteiger partial charge is 0.243 e. The van der Waals surface area contributed by atoms with Crippen LogP contribution in [0.1, 0.15) is 38.0 Å². The van der Waals surface area contributed by atoms with Crippen LogP contribution in [0.4, 0.5) is 0 Å². The normalized spacial score (nSPS) is 18.9. The van der Waals surface area contributed by atoms with Crippen molar-refractivity contribution in [2.24, 2.45) is 0 Å². The van der Waals surface area contributed by atoms with E-state index in [2.05, 4.69) is 21.1 Å². The molecule has 162 valence electrons. The lowest BCUT2D eigenvalue weighted by molar-refractivity contribution is -0.143. The minimum Gasteiger partial charge on any atom is -0.361 e. The van der Waals surface area contributed by atoms with Crippen LogP contribution in [0.5, 0.6) is 0 Å². The van der Waals surface area contributed by atoms with Crippen molar-refractivity contribution in [1.29, 1.82) is 0 Å². The van der Waals surface area contributed by atoms with E-state index in [1.807, 2.05) is 67.4 Å². The predicted octanol–water partition coefficient (Wildman–Crippen LogP) is 4.18. The summed E-state index contributed by atoms with van der Waals surface area (Å²) in [6, 6.07) is 16.0. The SMILES string of the molecule is CCN(CC)C(=O)[C@@]1(Cc2cc(-c3ccccc3)no2)CCCN1Cc1cccnc1. The van der Waals surface area contributed by atoms with Crippen molar-refractivity contribution < 1.29 is 9.32 Å². The maximum Gasteiger partial charge on any atom is 0.243 e. The summed E-state index contributed by atoms with van der Waals surface area (Å²) >= 11 is 0. The lowest BCUT2D eigenvalue weighted by atomic mass is 9.88. The average molecular weight is 419 g/mol. The second-order valence-electron chi connectivity index (χ2n) is 8.12. The Morgan fingerprint density at radius 3 is 2.68 bits per heavy atom. The van der Waals surface area contributed by atoms with Gasteiger partial charge >= 0.3 is 0 Å². The molecule has 1 atom stereocenters. The zero-order valence-electron chi connectivity index (χ0n) is 18.3. The van der Waals surface area contributed by atoms with E-state index in [1.54, 1.807) is 6.20 Å². The van der Waals surface area contributed by atoms with E-state index >= 15 is 0 Å². The molecule has 0 radical (unpaired) electrons. The molecule has 2 aromatic heterocycles. The number of amides is 1. The molecule has 0 bridgehead atoms. The molecular formula is C25H30N4O2. The molecule has 1 saturated heterocycles. The Bertz CT molecular complexity index is 985. The fourth-order valence-corrected chi connectivity index (χ4v) is 4.63. The van der Waals surface area contributed by atoms with Crippen molar-refractivity contribution in [2.45, 2.75) is 45.2 Å². The van der Waals surface area contributed by atoms with Crippen LogP contribution in [0.2, 0.25) is 0 Å². The second-order valence-corrected chi connectivity index (χ2v) is 8.12. The molecule has 1 aromatic carbocycles. The van der Waals surface area contributed by atoms with Crippen LogP contribution in [-0.4, -0.2) is 51.0 Å². The number of rotatable bonds is 8. The van der Waals surface area contributed by atoms with Gasteiger partial charge in [0.1, 0.15) is 17.0 Å². The molecule has 4 rings (SSSR count). The molecular weight excluding hydrogens is 388 g/mol. The lowest BCUT2D eigenvalue weighted by Gasteiger charge is -2.40. The number of pyridine rings is 1. The summed E-state index contributed by atoms with van der Waals surface area (Å²) in [6.45, 7) is 7.05. The molecule has 1 aliphatic heterocycles. The molecule has 31 heavy (non-hydrogen) atoms. The highest BCUT2D eigenvalue weighted by molar-refractivity contribution is 5.87. The molecule has 1 fully saturated rings. The number of aromatic nitrogens is 2. The lowest BCUT2D eigenvalue weighted by Crippen LogP contribution is -2.57. The van der Waals surface area contributed by atoms with Crippen molar-refractivity contribution in [3.63, 3.8) is 0 Å². The van der Waals surface area contributed by atoms with Crippen LogP contribution in [0, 0.1) is 0 Å². The number of hydrogen-bond acceptors (Lipinski definition) is 5. The molecule has 0 spiro atoms. The van der Waals surface area contributed by atoms with E-state index in [9.17, 15) is 4.79 Å². The molecule has 6 heteroatoms. The Labute approximate surface area is 183 Å². The number of hydrogen-bond donors (Lipinski definition) is 0. The number of carbonyl (C=O) groups excluding carboxylic acids is 1. The second kappa shape index (κ2) is 9.43. The summed E-state index contributed by atoms with van der Waals surface area (Å²) in [5, 5.41) is 4.28. The molecule has 0 aliphatic carbocycles. The first kappa shape index (κ1) is 21.2. The van der Waals surface area contributed by atoms with Gasteiger partial charge in [-0.05, 0) is 44.9 Å². The van der Waals surface area contributed by atoms with E-state index < -0.39 is 5.54 Å². The summed E-state index contributed by atoms with van der Waals surface area (Å²) in [4.78, 5) is 22.3. The molecule has 3 aromatic rings. The summed E-state index contributed by atoms with van der Waals surface area (Å²) in [7, 11) is 0. The Morgan fingerprint density at radius 1 is 1.16 bits per heavy atom.